The van der Waals surface area contributed by atoms with Crippen LogP contribution in [0.3, 0.4) is 0 Å². The van der Waals surface area contributed by atoms with Crippen LogP contribution in [0.5, 0.6) is 0 Å². The Labute approximate surface area is 115 Å². The fraction of sp³-hybridized carbons (Fsp3) is 0.733. The van der Waals surface area contributed by atoms with Crippen molar-refractivity contribution in [2.24, 2.45) is 5.92 Å². The van der Waals surface area contributed by atoms with Gasteiger partial charge in [0.25, 0.3) is 0 Å². The van der Waals surface area contributed by atoms with Crippen molar-refractivity contribution in [3.05, 3.63) is 11.9 Å². The summed E-state index contributed by atoms with van der Waals surface area (Å²) in [6.45, 7) is 3.13. The molecule has 1 aliphatic heterocycles. The van der Waals surface area contributed by atoms with E-state index >= 15 is 0 Å². The molecule has 0 aromatic carbocycles. The van der Waals surface area contributed by atoms with Crippen molar-refractivity contribution >= 4 is 11.6 Å². The van der Waals surface area contributed by atoms with Crippen LogP contribution < -0.4 is 10.2 Å². The molecule has 1 aromatic rings. The third-order valence-corrected chi connectivity index (χ3v) is 4.62. The minimum absolute atomic E-state index is 0.710. The van der Waals surface area contributed by atoms with Gasteiger partial charge in [-0.05, 0) is 38.5 Å². The molecule has 4 heteroatoms. The maximum Gasteiger partial charge on any atom is 0.134 e. The van der Waals surface area contributed by atoms with Crippen LogP contribution in [0.2, 0.25) is 0 Å². The monoisotopic (exact) mass is 260 g/mol. The Morgan fingerprint density at radius 3 is 2.68 bits per heavy atom. The molecule has 0 spiro atoms. The van der Waals surface area contributed by atoms with Crippen molar-refractivity contribution < 1.29 is 0 Å². The zero-order valence-corrected chi connectivity index (χ0v) is 12.0. The smallest absolute Gasteiger partial charge is 0.134 e. The van der Waals surface area contributed by atoms with Crippen molar-refractivity contribution in [2.75, 3.05) is 23.8 Å². The van der Waals surface area contributed by atoms with E-state index in [-0.39, 0.29) is 0 Å². The van der Waals surface area contributed by atoms with E-state index in [9.17, 15) is 0 Å². The highest BCUT2D eigenvalue weighted by Gasteiger charge is 2.34. The number of nitrogens with one attached hydrogen (secondary N) is 1. The van der Waals surface area contributed by atoms with E-state index in [0.29, 0.717) is 6.04 Å². The first-order valence-electron chi connectivity index (χ1n) is 7.58. The maximum atomic E-state index is 4.66. The first kappa shape index (κ1) is 12.7. The zero-order chi connectivity index (χ0) is 13.2. The van der Waals surface area contributed by atoms with Gasteiger partial charge in [-0.2, -0.15) is 0 Å². The number of aromatic nitrogens is 2. The predicted octanol–water partition coefficient (Wildman–Crippen LogP) is 2.99. The summed E-state index contributed by atoms with van der Waals surface area (Å²) in [7, 11) is 1.92. The third kappa shape index (κ3) is 2.53. The second-order valence-electron chi connectivity index (χ2n) is 5.86. The molecule has 1 saturated heterocycles. The van der Waals surface area contributed by atoms with Crippen molar-refractivity contribution in [2.45, 2.75) is 51.5 Å². The Hall–Kier alpha value is -1.32. The minimum Gasteiger partial charge on any atom is -0.373 e. The van der Waals surface area contributed by atoms with Gasteiger partial charge in [-0.15, -0.1) is 0 Å². The Balaban J connectivity index is 1.85. The zero-order valence-electron chi connectivity index (χ0n) is 12.0. The largest absolute Gasteiger partial charge is 0.373 e. The Bertz CT molecular complexity index is 440. The number of anilines is 2. The van der Waals surface area contributed by atoms with Crippen molar-refractivity contribution in [3.8, 4) is 0 Å². The number of nitrogens with zero attached hydrogens (tertiary/aromatic N) is 3. The Kier molecular flexibility index (Phi) is 3.58. The third-order valence-electron chi connectivity index (χ3n) is 4.62. The summed E-state index contributed by atoms with van der Waals surface area (Å²) in [6, 6.07) is 2.81. The van der Waals surface area contributed by atoms with Crippen LogP contribution in [0, 0.1) is 12.8 Å². The molecular formula is C15H24N4. The molecule has 1 saturated carbocycles. The fourth-order valence-corrected chi connectivity index (χ4v) is 3.74. The second kappa shape index (κ2) is 5.35. The highest BCUT2D eigenvalue weighted by molar-refractivity contribution is 5.50. The summed E-state index contributed by atoms with van der Waals surface area (Å²) in [5.74, 6) is 3.79. The van der Waals surface area contributed by atoms with Gasteiger partial charge in [0.15, 0.2) is 0 Å². The van der Waals surface area contributed by atoms with Gasteiger partial charge in [0.05, 0.1) is 0 Å². The highest BCUT2D eigenvalue weighted by Crippen LogP contribution is 2.37. The van der Waals surface area contributed by atoms with E-state index < -0.39 is 0 Å². The molecule has 19 heavy (non-hydrogen) atoms. The second-order valence-corrected chi connectivity index (χ2v) is 5.86. The first-order valence-corrected chi connectivity index (χ1v) is 7.58. The van der Waals surface area contributed by atoms with E-state index in [1.54, 1.807) is 0 Å². The van der Waals surface area contributed by atoms with E-state index in [2.05, 4.69) is 26.3 Å². The molecule has 1 atom stereocenters. The SMILES string of the molecule is CNc1cc(N2CCCC2C2CCCC2)nc(C)n1. The lowest BCUT2D eigenvalue weighted by molar-refractivity contribution is 0.429. The lowest BCUT2D eigenvalue weighted by atomic mass is 9.96. The van der Waals surface area contributed by atoms with Gasteiger partial charge < -0.3 is 10.2 Å². The summed E-state index contributed by atoms with van der Waals surface area (Å²) < 4.78 is 0. The van der Waals surface area contributed by atoms with Gasteiger partial charge in [-0.3, -0.25) is 0 Å². The van der Waals surface area contributed by atoms with Crippen LogP contribution >= 0.6 is 0 Å². The van der Waals surface area contributed by atoms with Gasteiger partial charge in [0.1, 0.15) is 17.5 Å². The first-order chi connectivity index (χ1) is 9.28. The predicted molar refractivity (Wildman–Crippen MR) is 78.6 cm³/mol. The fourth-order valence-electron chi connectivity index (χ4n) is 3.74. The lowest BCUT2D eigenvalue weighted by Gasteiger charge is -2.30. The van der Waals surface area contributed by atoms with Crippen LogP contribution in [0.15, 0.2) is 6.07 Å². The Morgan fingerprint density at radius 2 is 1.95 bits per heavy atom. The molecule has 0 radical (unpaired) electrons. The van der Waals surface area contributed by atoms with Gasteiger partial charge in [-0.25, -0.2) is 9.97 Å². The van der Waals surface area contributed by atoms with Crippen LogP contribution in [-0.2, 0) is 0 Å². The van der Waals surface area contributed by atoms with E-state index in [1.807, 2.05) is 14.0 Å². The topological polar surface area (TPSA) is 41.0 Å². The molecule has 4 nitrogen and oxygen atoms in total. The molecule has 2 aliphatic rings. The molecule has 1 N–H and O–H groups in total. The molecule has 104 valence electrons. The van der Waals surface area contributed by atoms with Crippen LogP contribution in [0.25, 0.3) is 0 Å². The molecule has 1 unspecified atom stereocenters. The quantitative estimate of drug-likeness (QED) is 0.907. The molecule has 2 fully saturated rings. The average Bonchev–Trinajstić information content (AvgIpc) is 3.08. The molecule has 0 bridgehead atoms. The number of hydrogen-bond acceptors (Lipinski definition) is 4. The molecule has 0 amide bonds. The van der Waals surface area contributed by atoms with E-state index in [1.165, 1.54) is 38.5 Å². The van der Waals surface area contributed by atoms with Crippen LogP contribution in [0.4, 0.5) is 11.6 Å². The maximum absolute atomic E-state index is 4.66. The average molecular weight is 260 g/mol. The number of aryl methyl sites for hydroxylation is 1. The summed E-state index contributed by atoms with van der Waals surface area (Å²) in [5.41, 5.74) is 0. The minimum atomic E-state index is 0.710. The van der Waals surface area contributed by atoms with Crippen molar-refractivity contribution in [1.29, 1.82) is 0 Å². The van der Waals surface area contributed by atoms with E-state index in [0.717, 1.165) is 29.9 Å². The van der Waals surface area contributed by atoms with Crippen molar-refractivity contribution in [3.63, 3.8) is 0 Å². The molecule has 1 aliphatic carbocycles. The number of hydrogen-bond donors (Lipinski definition) is 1. The van der Waals surface area contributed by atoms with Crippen molar-refractivity contribution in [1.82, 2.24) is 9.97 Å². The Morgan fingerprint density at radius 1 is 1.16 bits per heavy atom. The van der Waals surface area contributed by atoms with Gasteiger partial charge in [0, 0.05) is 25.7 Å². The lowest BCUT2D eigenvalue weighted by Crippen LogP contribution is -2.35. The molecular weight excluding hydrogens is 236 g/mol. The summed E-state index contributed by atoms with van der Waals surface area (Å²) in [5, 5.41) is 3.14. The van der Waals surface area contributed by atoms with Gasteiger partial charge in [-0.1, -0.05) is 12.8 Å². The van der Waals surface area contributed by atoms with Gasteiger partial charge in [0.2, 0.25) is 0 Å². The number of rotatable bonds is 3. The summed E-state index contributed by atoms with van der Waals surface area (Å²) in [4.78, 5) is 11.6. The van der Waals surface area contributed by atoms with Crippen LogP contribution in [-0.4, -0.2) is 29.6 Å². The molecule has 3 rings (SSSR count). The van der Waals surface area contributed by atoms with Crippen LogP contribution in [0.1, 0.15) is 44.3 Å². The standard InChI is InChI=1S/C15H24N4/c1-11-17-14(16-2)10-15(18-11)19-9-5-8-13(19)12-6-3-4-7-12/h10,12-13H,3-9H2,1-2H3,(H,16,17,18). The van der Waals surface area contributed by atoms with E-state index in [4.69, 9.17) is 0 Å². The summed E-state index contributed by atoms with van der Waals surface area (Å²) in [6.07, 6.45) is 8.29. The normalized spacial score (nSPS) is 24.1. The van der Waals surface area contributed by atoms with Gasteiger partial charge >= 0.3 is 0 Å². The molecule has 1 aromatic heterocycles. The highest BCUT2D eigenvalue weighted by atomic mass is 15.2. The summed E-state index contributed by atoms with van der Waals surface area (Å²) >= 11 is 0. The molecule has 2 heterocycles.